The van der Waals surface area contributed by atoms with E-state index in [-0.39, 0.29) is 5.41 Å². The molecule has 1 N–H and O–H groups in total. The fourth-order valence-corrected chi connectivity index (χ4v) is 3.97. The Hall–Kier alpha value is 0.177. The Bertz CT molecular complexity index is 222. The van der Waals surface area contributed by atoms with Crippen molar-refractivity contribution >= 4 is 10.2 Å². The summed E-state index contributed by atoms with van der Waals surface area (Å²) in [7, 11) is 3.54. The summed E-state index contributed by atoms with van der Waals surface area (Å²) in [5.74, 6) is 0.699. The summed E-state index contributed by atoms with van der Waals surface area (Å²) in [5.41, 5.74) is 0.366. The van der Waals surface area contributed by atoms with Crippen molar-refractivity contribution in [2.45, 2.75) is 45.3 Å². The first-order valence-corrected chi connectivity index (χ1v) is 5.29. The van der Waals surface area contributed by atoms with Crippen molar-refractivity contribution in [3.8, 4) is 0 Å². The van der Waals surface area contributed by atoms with E-state index in [9.17, 15) is 5.11 Å². The van der Waals surface area contributed by atoms with E-state index in [1.807, 2.05) is 0 Å². The molecular weight excluding hydrogens is 164 g/mol. The minimum Gasteiger partial charge on any atom is -0.394 e. The number of aliphatic hydroxyl groups is 1. The predicted octanol–water partition coefficient (Wildman–Crippen LogP) is 1.69. The zero-order chi connectivity index (χ0) is 9.20. The van der Waals surface area contributed by atoms with Crippen LogP contribution in [0.25, 0.3) is 0 Å². The number of fused-ring (bicyclic) bond motifs is 2. The molecule has 67 valence electrons. The van der Waals surface area contributed by atoms with E-state index in [4.69, 9.17) is 0 Å². The molecule has 2 bridgehead atoms. The lowest BCUT2D eigenvalue weighted by molar-refractivity contribution is -0.0233. The first-order chi connectivity index (χ1) is 5.31. The smallest absolute Gasteiger partial charge is 0.0709 e. The molecule has 12 heavy (non-hydrogen) atoms. The Morgan fingerprint density at radius 3 is 2.08 bits per heavy atom. The number of rotatable bonds is 0. The van der Waals surface area contributed by atoms with E-state index in [1.165, 1.54) is 6.42 Å². The van der Waals surface area contributed by atoms with Crippen LogP contribution in [0.4, 0.5) is 0 Å². The summed E-state index contributed by atoms with van der Waals surface area (Å²) in [4.78, 5) is 0. The van der Waals surface area contributed by atoms with Gasteiger partial charge in [-0.05, 0) is 36.0 Å². The summed E-state index contributed by atoms with van der Waals surface area (Å²) in [6.07, 6.45) is 3.37. The van der Waals surface area contributed by atoms with Crippen molar-refractivity contribution < 1.29 is 5.11 Å². The van der Waals surface area contributed by atoms with Gasteiger partial charge in [0.2, 0.25) is 0 Å². The second-order valence-corrected chi connectivity index (χ2v) is 6.18. The van der Waals surface area contributed by atoms with Crippen molar-refractivity contribution in [2.75, 3.05) is 0 Å². The molecule has 0 amide bonds. The van der Waals surface area contributed by atoms with Gasteiger partial charge in [0, 0.05) is 0 Å². The Morgan fingerprint density at radius 1 is 1.33 bits per heavy atom. The molecule has 2 aliphatic rings. The maximum absolute atomic E-state index is 10.2. The summed E-state index contributed by atoms with van der Waals surface area (Å²) in [6.45, 7) is 6.80. The van der Waals surface area contributed by atoms with Crippen molar-refractivity contribution in [1.29, 1.82) is 0 Å². The van der Waals surface area contributed by atoms with Crippen LogP contribution in [0.15, 0.2) is 0 Å². The van der Waals surface area contributed by atoms with E-state index in [0.717, 1.165) is 12.8 Å². The molecule has 3 radical (unpaired) electrons. The van der Waals surface area contributed by atoms with Gasteiger partial charge in [-0.2, -0.15) is 0 Å². The summed E-state index contributed by atoms with van der Waals surface area (Å²) < 4.78 is 0. The van der Waals surface area contributed by atoms with Crippen LogP contribution in [0.2, 0.25) is 0 Å². The predicted molar refractivity (Wildman–Crippen MR) is 49.9 cm³/mol. The highest BCUT2D eigenvalue weighted by atomic mass is 28.1. The molecule has 3 atom stereocenters. The molecule has 0 aromatic carbocycles. The minimum atomic E-state index is -0.612. The molecular formula is C10H17OSi. The fraction of sp³-hybridized carbons (Fsp3) is 1.00. The van der Waals surface area contributed by atoms with Gasteiger partial charge in [0.15, 0.2) is 0 Å². The second kappa shape index (κ2) is 1.98. The molecule has 2 fully saturated rings. The van der Waals surface area contributed by atoms with Gasteiger partial charge in [-0.25, -0.2) is 0 Å². The first kappa shape index (κ1) is 8.76. The maximum Gasteiger partial charge on any atom is 0.0709 e. The molecule has 0 spiro atoms. The molecule has 0 saturated heterocycles. The van der Waals surface area contributed by atoms with Crippen molar-refractivity contribution in [3.05, 3.63) is 0 Å². The highest BCUT2D eigenvalue weighted by molar-refractivity contribution is 6.15. The van der Waals surface area contributed by atoms with Gasteiger partial charge in [-0.3, -0.25) is 0 Å². The van der Waals surface area contributed by atoms with Gasteiger partial charge < -0.3 is 5.11 Å². The molecule has 2 heteroatoms. The lowest BCUT2D eigenvalue weighted by Crippen LogP contribution is -2.47. The molecule has 0 heterocycles. The van der Waals surface area contributed by atoms with E-state index in [1.54, 1.807) is 0 Å². The number of hydrogen-bond acceptors (Lipinski definition) is 1. The lowest BCUT2D eigenvalue weighted by Gasteiger charge is -2.43. The van der Waals surface area contributed by atoms with E-state index >= 15 is 0 Å². The van der Waals surface area contributed by atoms with Crippen LogP contribution in [0.5, 0.6) is 0 Å². The van der Waals surface area contributed by atoms with Gasteiger partial charge in [-0.15, -0.1) is 0 Å². The van der Waals surface area contributed by atoms with Crippen LogP contribution in [0.1, 0.15) is 40.0 Å². The lowest BCUT2D eigenvalue weighted by atomic mass is 9.69. The molecule has 0 unspecified atom stereocenters. The van der Waals surface area contributed by atoms with E-state index in [2.05, 4.69) is 31.0 Å². The van der Waals surface area contributed by atoms with Gasteiger partial charge in [0.1, 0.15) is 0 Å². The highest BCUT2D eigenvalue weighted by Gasteiger charge is 2.66. The van der Waals surface area contributed by atoms with Crippen molar-refractivity contribution in [2.24, 2.45) is 16.7 Å². The quantitative estimate of drug-likeness (QED) is 0.564. The second-order valence-electron chi connectivity index (χ2n) is 5.35. The molecule has 0 aromatic heterocycles. The number of hydrogen-bond donors (Lipinski definition) is 1. The van der Waals surface area contributed by atoms with Crippen molar-refractivity contribution in [3.63, 3.8) is 0 Å². The third kappa shape index (κ3) is 0.693. The SMILES string of the molecule is CC1(C)[C@@H]2CC[C@@]1(C)[C@](O)([Si])C2. The topological polar surface area (TPSA) is 20.2 Å². The molecule has 0 aliphatic heterocycles. The fourth-order valence-electron chi connectivity index (χ4n) is 3.28. The van der Waals surface area contributed by atoms with Crippen molar-refractivity contribution in [1.82, 2.24) is 0 Å². The summed E-state index contributed by atoms with van der Waals surface area (Å²) in [6, 6.07) is 0. The zero-order valence-corrected chi connectivity index (χ0v) is 9.15. The molecule has 0 aromatic rings. The largest absolute Gasteiger partial charge is 0.394 e. The van der Waals surface area contributed by atoms with Crippen LogP contribution >= 0.6 is 0 Å². The normalized spacial score (nSPS) is 56.2. The Kier molecular flexibility index (Phi) is 1.45. The zero-order valence-electron chi connectivity index (χ0n) is 8.15. The molecule has 2 rings (SSSR count). The van der Waals surface area contributed by atoms with E-state index in [0.29, 0.717) is 11.3 Å². The van der Waals surface area contributed by atoms with Crippen LogP contribution in [-0.2, 0) is 0 Å². The molecule has 2 saturated carbocycles. The van der Waals surface area contributed by atoms with Crippen LogP contribution in [-0.4, -0.2) is 20.6 Å². The van der Waals surface area contributed by atoms with Gasteiger partial charge in [0.05, 0.1) is 15.5 Å². The van der Waals surface area contributed by atoms with Crippen LogP contribution < -0.4 is 0 Å². The molecule has 2 aliphatic carbocycles. The third-order valence-corrected chi connectivity index (χ3v) is 5.65. The van der Waals surface area contributed by atoms with Gasteiger partial charge in [-0.1, -0.05) is 20.8 Å². The average molecular weight is 181 g/mol. The van der Waals surface area contributed by atoms with Gasteiger partial charge in [0.25, 0.3) is 0 Å². The maximum atomic E-state index is 10.2. The monoisotopic (exact) mass is 181 g/mol. The summed E-state index contributed by atoms with van der Waals surface area (Å²) in [5, 5.41) is 9.58. The molecule has 1 nitrogen and oxygen atoms in total. The average Bonchev–Trinajstić information content (AvgIpc) is 2.18. The van der Waals surface area contributed by atoms with Crippen LogP contribution in [0, 0.1) is 16.7 Å². The highest BCUT2D eigenvalue weighted by Crippen LogP contribution is 2.68. The van der Waals surface area contributed by atoms with Gasteiger partial charge >= 0.3 is 0 Å². The third-order valence-electron chi connectivity index (χ3n) is 4.89. The Morgan fingerprint density at radius 2 is 1.92 bits per heavy atom. The first-order valence-electron chi connectivity index (χ1n) is 4.79. The standard InChI is InChI=1S/C10H17OSi/c1-8(2)7-4-5-9(8,3)10(11,12)6-7/h7,11H,4-6H2,1-3H3/t7-,9-,10-/m1/s1. The minimum absolute atomic E-state index is 0.0710. The Labute approximate surface area is 78.0 Å². The van der Waals surface area contributed by atoms with Crippen LogP contribution in [0.3, 0.4) is 0 Å². The summed E-state index contributed by atoms with van der Waals surface area (Å²) >= 11 is 0. The Balaban J connectivity index is 2.47. The van der Waals surface area contributed by atoms with E-state index < -0.39 is 5.22 Å².